The number of hydrogen-bond donors (Lipinski definition) is 0. The molecule has 24 heavy (non-hydrogen) atoms. The van der Waals surface area contributed by atoms with Crippen LogP contribution in [0, 0.1) is 0 Å². The van der Waals surface area contributed by atoms with E-state index in [1.54, 1.807) is 19.9 Å². The number of esters is 1. The van der Waals surface area contributed by atoms with E-state index in [0.717, 1.165) is 22.2 Å². The third-order valence-corrected chi connectivity index (χ3v) is 4.20. The summed E-state index contributed by atoms with van der Waals surface area (Å²) < 4.78 is 7.05. The van der Waals surface area contributed by atoms with E-state index in [1.165, 1.54) is 0 Å². The molecule has 0 amide bonds. The highest BCUT2D eigenvalue weighted by Gasteiger charge is 2.16. The molecular weight excluding hydrogens is 322 g/mol. The summed E-state index contributed by atoms with van der Waals surface area (Å²) in [6, 6.07) is 17.9. The van der Waals surface area contributed by atoms with Crippen molar-refractivity contribution < 1.29 is 9.53 Å². The zero-order chi connectivity index (χ0) is 17.1. The number of fused-ring (bicyclic) bond motifs is 1. The van der Waals surface area contributed by atoms with Crippen LogP contribution >= 0.6 is 11.6 Å². The molecule has 3 aromatic rings. The average Bonchev–Trinajstić information content (AvgIpc) is 2.88. The van der Waals surface area contributed by atoms with E-state index >= 15 is 0 Å². The quantitative estimate of drug-likeness (QED) is 0.480. The van der Waals surface area contributed by atoms with Gasteiger partial charge in [-0.25, -0.2) is 4.79 Å². The minimum atomic E-state index is -0.329. The molecule has 0 spiro atoms. The third-order valence-electron chi connectivity index (χ3n) is 3.83. The van der Waals surface area contributed by atoms with Gasteiger partial charge in [0.2, 0.25) is 0 Å². The number of aromatic nitrogens is 1. The molecule has 0 unspecified atom stereocenters. The first-order valence-corrected chi connectivity index (χ1v) is 8.21. The monoisotopic (exact) mass is 339 g/mol. The molecule has 2 aromatic carbocycles. The van der Waals surface area contributed by atoms with Crippen LogP contribution in [0.3, 0.4) is 0 Å². The topological polar surface area (TPSA) is 31.2 Å². The Morgan fingerprint density at radius 1 is 1.12 bits per heavy atom. The van der Waals surface area contributed by atoms with Gasteiger partial charge in [-0.05, 0) is 38.1 Å². The van der Waals surface area contributed by atoms with Crippen LogP contribution in [0.25, 0.3) is 22.7 Å². The maximum absolute atomic E-state index is 11.9. The third kappa shape index (κ3) is 2.95. The van der Waals surface area contributed by atoms with Gasteiger partial charge < -0.3 is 4.74 Å². The maximum Gasteiger partial charge on any atom is 0.333 e. The fourth-order valence-electron chi connectivity index (χ4n) is 2.72. The summed E-state index contributed by atoms with van der Waals surface area (Å²) in [5.74, 6) is -0.329. The second kappa shape index (κ2) is 6.93. The zero-order valence-electron chi connectivity index (χ0n) is 13.6. The molecular formula is C20H18ClNO2. The number of rotatable bonds is 4. The van der Waals surface area contributed by atoms with Crippen molar-refractivity contribution in [1.82, 2.24) is 4.57 Å². The van der Waals surface area contributed by atoms with Crippen LogP contribution in [-0.2, 0) is 9.53 Å². The van der Waals surface area contributed by atoms with Gasteiger partial charge in [-0.15, -0.1) is 0 Å². The predicted molar refractivity (Wildman–Crippen MR) is 98.6 cm³/mol. The van der Waals surface area contributed by atoms with E-state index in [2.05, 4.69) is 0 Å². The van der Waals surface area contributed by atoms with Crippen LogP contribution in [0.4, 0.5) is 0 Å². The highest BCUT2D eigenvalue weighted by molar-refractivity contribution is 6.33. The molecule has 0 saturated heterocycles. The smallest absolute Gasteiger partial charge is 0.333 e. The number of carbonyl (C=O) groups is 1. The molecule has 0 fully saturated rings. The van der Waals surface area contributed by atoms with Crippen LogP contribution in [0.1, 0.15) is 19.4 Å². The predicted octanol–water partition coefficient (Wildman–Crippen LogP) is 5.25. The first-order valence-electron chi connectivity index (χ1n) is 7.83. The molecule has 0 saturated carbocycles. The zero-order valence-corrected chi connectivity index (χ0v) is 14.4. The van der Waals surface area contributed by atoms with Crippen LogP contribution in [0.2, 0.25) is 5.15 Å². The molecule has 0 N–H and O–H groups in total. The lowest BCUT2D eigenvalue weighted by atomic mass is 10.1. The Balaban J connectivity index is 2.22. The van der Waals surface area contributed by atoms with Crippen LogP contribution in [0.15, 0.2) is 60.2 Å². The molecule has 122 valence electrons. The fraction of sp³-hybridized carbons (Fsp3) is 0.150. The van der Waals surface area contributed by atoms with Crippen LogP contribution in [-0.4, -0.2) is 17.1 Å². The van der Waals surface area contributed by atoms with E-state index in [9.17, 15) is 4.79 Å². The first-order chi connectivity index (χ1) is 11.6. The van der Waals surface area contributed by atoms with E-state index in [-0.39, 0.29) is 5.97 Å². The lowest BCUT2D eigenvalue weighted by Crippen LogP contribution is -2.04. The van der Waals surface area contributed by atoms with Crippen molar-refractivity contribution >= 4 is 34.5 Å². The largest absolute Gasteiger partial charge is 0.463 e. The van der Waals surface area contributed by atoms with Crippen molar-refractivity contribution in [2.45, 2.75) is 13.8 Å². The number of para-hydroxylation sites is 2. The van der Waals surface area contributed by atoms with Crippen molar-refractivity contribution in [3.05, 3.63) is 70.9 Å². The van der Waals surface area contributed by atoms with Gasteiger partial charge in [-0.2, -0.15) is 0 Å². The highest BCUT2D eigenvalue weighted by Crippen LogP contribution is 2.34. The van der Waals surface area contributed by atoms with Gasteiger partial charge in [0.1, 0.15) is 5.15 Å². The first kappa shape index (κ1) is 16.3. The van der Waals surface area contributed by atoms with Gasteiger partial charge in [-0.1, -0.05) is 48.0 Å². The van der Waals surface area contributed by atoms with Crippen LogP contribution < -0.4 is 0 Å². The van der Waals surface area contributed by atoms with Crippen molar-refractivity contribution in [1.29, 1.82) is 0 Å². The van der Waals surface area contributed by atoms with Gasteiger partial charge in [-0.3, -0.25) is 4.57 Å². The Morgan fingerprint density at radius 2 is 1.79 bits per heavy atom. The molecule has 0 bridgehead atoms. The second-order valence-corrected chi connectivity index (χ2v) is 5.80. The molecule has 3 nitrogen and oxygen atoms in total. The summed E-state index contributed by atoms with van der Waals surface area (Å²) >= 11 is 6.68. The molecule has 0 atom stereocenters. The lowest BCUT2D eigenvalue weighted by molar-refractivity contribution is -0.138. The molecule has 0 aliphatic carbocycles. The summed E-state index contributed by atoms with van der Waals surface area (Å²) in [6.07, 6.45) is 1.79. The summed E-state index contributed by atoms with van der Waals surface area (Å²) in [7, 11) is 0. The second-order valence-electron chi connectivity index (χ2n) is 5.44. The number of nitrogens with zero attached hydrogens (tertiary/aromatic N) is 1. The Morgan fingerprint density at radius 3 is 2.50 bits per heavy atom. The molecule has 0 radical (unpaired) electrons. The Hall–Kier alpha value is -2.52. The van der Waals surface area contributed by atoms with E-state index in [0.29, 0.717) is 17.3 Å². The summed E-state index contributed by atoms with van der Waals surface area (Å²) in [5, 5.41) is 1.57. The van der Waals surface area contributed by atoms with Crippen LogP contribution in [0.5, 0.6) is 0 Å². The highest BCUT2D eigenvalue weighted by atomic mass is 35.5. The molecule has 1 heterocycles. The average molecular weight is 340 g/mol. The van der Waals surface area contributed by atoms with E-state index < -0.39 is 0 Å². The number of ether oxygens (including phenoxy) is 1. The minimum Gasteiger partial charge on any atom is -0.463 e. The Bertz CT molecular complexity index is 910. The van der Waals surface area contributed by atoms with Gasteiger partial charge in [0, 0.05) is 22.2 Å². The van der Waals surface area contributed by atoms with Gasteiger partial charge in [0.25, 0.3) is 0 Å². The summed E-state index contributed by atoms with van der Waals surface area (Å²) in [5.41, 5.74) is 3.32. The number of benzene rings is 2. The Labute approximate surface area is 146 Å². The Kier molecular flexibility index (Phi) is 4.72. The van der Waals surface area contributed by atoms with Crippen molar-refractivity contribution in [2.24, 2.45) is 0 Å². The summed E-state index contributed by atoms with van der Waals surface area (Å²) in [6.45, 7) is 3.88. The van der Waals surface area contributed by atoms with Crippen molar-refractivity contribution in [3.8, 4) is 5.69 Å². The number of halogens is 1. The molecule has 0 aliphatic rings. The standard InChI is InChI=1S/C20H18ClNO2/c1-3-24-20(23)14(2)13-17-16-11-7-8-12-18(16)22(19(17)21)15-9-5-4-6-10-15/h4-13H,3H2,1-2H3/b14-13+. The lowest BCUT2D eigenvalue weighted by Gasteiger charge is -2.06. The maximum atomic E-state index is 11.9. The minimum absolute atomic E-state index is 0.329. The number of carbonyl (C=O) groups excluding carboxylic acids is 1. The molecule has 4 heteroatoms. The SMILES string of the molecule is CCOC(=O)/C(C)=C/c1c(Cl)n(-c2ccccc2)c2ccccc12. The van der Waals surface area contributed by atoms with Gasteiger partial charge in [0.15, 0.2) is 0 Å². The fourth-order valence-corrected chi connectivity index (χ4v) is 3.07. The van der Waals surface area contributed by atoms with Gasteiger partial charge >= 0.3 is 5.97 Å². The molecule has 0 aliphatic heterocycles. The molecule has 1 aromatic heterocycles. The molecule has 3 rings (SSSR count). The van der Waals surface area contributed by atoms with E-state index in [1.807, 2.05) is 59.2 Å². The number of hydrogen-bond acceptors (Lipinski definition) is 2. The van der Waals surface area contributed by atoms with Crippen molar-refractivity contribution in [3.63, 3.8) is 0 Å². The summed E-state index contributed by atoms with van der Waals surface area (Å²) in [4.78, 5) is 11.9. The normalized spacial score (nSPS) is 11.7. The van der Waals surface area contributed by atoms with E-state index in [4.69, 9.17) is 16.3 Å². The van der Waals surface area contributed by atoms with Gasteiger partial charge in [0.05, 0.1) is 12.1 Å². The van der Waals surface area contributed by atoms with Crippen molar-refractivity contribution in [2.75, 3.05) is 6.61 Å².